The second-order valence-electron chi connectivity index (χ2n) is 2.39. The molecule has 1 heterocycles. The Bertz CT molecular complexity index is 406. The Morgan fingerprint density at radius 1 is 1.33 bits per heavy atom. The van der Waals surface area contributed by atoms with Crippen LogP contribution in [0, 0.1) is 0 Å². The van der Waals surface area contributed by atoms with Crippen LogP contribution in [0.1, 0.15) is 0 Å². The van der Waals surface area contributed by atoms with Crippen molar-refractivity contribution in [2.75, 3.05) is 0 Å². The zero-order chi connectivity index (χ0) is 8.39. The van der Waals surface area contributed by atoms with E-state index < -0.39 is 0 Å². The predicted molar refractivity (Wildman–Crippen MR) is 44.6 cm³/mol. The molecule has 0 unspecified atom stereocenters. The Balaban J connectivity index is 2.62. The van der Waals surface area contributed by atoms with Gasteiger partial charge in [0.1, 0.15) is 0 Å². The van der Waals surface area contributed by atoms with E-state index in [0.717, 1.165) is 10.8 Å². The Hall–Kier alpha value is -1.77. The largest absolute Gasteiger partial charge is 0.424 e. The van der Waals surface area contributed by atoms with Gasteiger partial charge in [-0.1, -0.05) is 18.2 Å². The van der Waals surface area contributed by atoms with Crippen molar-refractivity contribution in [3.63, 3.8) is 0 Å². The summed E-state index contributed by atoms with van der Waals surface area (Å²) in [7, 11) is 0. The topological polar surface area (TPSA) is 42.1 Å². The summed E-state index contributed by atoms with van der Waals surface area (Å²) < 4.78 is 4.60. The lowest BCUT2D eigenvalue weighted by Crippen LogP contribution is -1.87. The molecule has 0 bridgehead atoms. The molecule has 1 radical (unpaired) electrons. The first-order valence-corrected chi connectivity index (χ1v) is 3.52. The molecule has 0 spiro atoms. The number of aromatic amines is 1. The summed E-state index contributed by atoms with van der Waals surface area (Å²) in [6, 6.07) is 7.61. The monoisotopic (exact) mass is 160 g/mol. The summed E-state index contributed by atoms with van der Waals surface area (Å²) in [6.45, 7) is 1.38. The zero-order valence-corrected chi connectivity index (χ0v) is 6.20. The van der Waals surface area contributed by atoms with E-state index in [0.29, 0.717) is 5.88 Å². The van der Waals surface area contributed by atoms with E-state index in [4.69, 9.17) is 0 Å². The molecule has 1 aromatic carbocycles. The van der Waals surface area contributed by atoms with Crippen molar-refractivity contribution in [3.8, 4) is 5.88 Å². The highest BCUT2D eigenvalue weighted by molar-refractivity contribution is 5.88. The van der Waals surface area contributed by atoms with Gasteiger partial charge in [0.05, 0.1) is 0 Å². The highest BCUT2D eigenvalue weighted by Gasteiger charge is 2.02. The van der Waals surface area contributed by atoms with Gasteiger partial charge < -0.3 is 9.72 Å². The van der Waals surface area contributed by atoms with Gasteiger partial charge in [0.25, 0.3) is 0 Å². The van der Waals surface area contributed by atoms with E-state index in [2.05, 4.69) is 9.72 Å². The first-order valence-electron chi connectivity index (χ1n) is 3.52. The number of H-pyrrole nitrogens is 1. The van der Waals surface area contributed by atoms with Crippen LogP contribution in [-0.2, 0) is 4.79 Å². The smallest absolute Gasteiger partial charge is 0.400 e. The molecule has 0 amide bonds. The van der Waals surface area contributed by atoms with Crippen molar-refractivity contribution in [1.29, 1.82) is 0 Å². The molecule has 0 atom stereocenters. The quantitative estimate of drug-likeness (QED) is 0.725. The van der Waals surface area contributed by atoms with Gasteiger partial charge in [0.15, 0.2) is 0 Å². The molecule has 0 fully saturated rings. The standard InChI is InChI=1S/C9H6NO2/c11-6-12-9-8-4-2-1-3-7(8)5-10-9/h1-5,10H. The SMILES string of the molecule is O=[C]Oc1[nH]cc2ccccc12. The molecule has 3 nitrogen and oxygen atoms in total. The van der Waals surface area contributed by atoms with Crippen LogP contribution in [0.2, 0.25) is 0 Å². The maximum Gasteiger partial charge on any atom is 0.424 e. The fraction of sp³-hybridized carbons (Fsp3) is 0. The van der Waals surface area contributed by atoms with Gasteiger partial charge in [0.2, 0.25) is 5.88 Å². The van der Waals surface area contributed by atoms with E-state index in [9.17, 15) is 4.79 Å². The van der Waals surface area contributed by atoms with Crippen molar-refractivity contribution in [2.45, 2.75) is 0 Å². The predicted octanol–water partition coefficient (Wildman–Crippen LogP) is 1.61. The Morgan fingerprint density at radius 3 is 3.00 bits per heavy atom. The fourth-order valence-electron chi connectivity index (χ4n) is 1.18. The minimum Gasteiger partial charge on any atom is -0.400 e. The van der Waals surface area contributed by atoms with Crippen LogP contribution in [-0.4, -0.2) is 11.5 Å². The summed E-state index contributed by atoms with van der Waals surface area (Å²) in [5.74, 6) is 0.445. The number of hydrogen-bond donors (Lipinski definition) is 1. The van der Waals surface area contributed by atoms with Crippen LogP contribution in [0.4, 0.5) is 0 Å². The van der Waals surface area contributed by atoms with Crippen molar-refractivity contribution in [3.05, 3.63) is 30.5 Å². The third-order valence-electron chi connectivity index (χ3n) is 1.71. The molecule has 0 saturated carbocycles. The number of ether oxygens (including phenoxy) is 1. The first kappa shape index (κ1) is 6.91. The summed E-state index contributed by atoms with van der Waals surface area (Å²) in [6.07, 6.45) is 1.78. The van der Waals surface area contributed by atoms with E-state index >= 15 is 0 Å². The molecule has 0 aliphatic rings. The molecule has 59 valence electrons. The molecule has 0 aliphatic heterocycles. The number of aromatic nitrogens is 1. The Morgan fingerprint density at radius 2 is 2.17 bits per heavy atom. The lowest BCUT2D eigenvalue weighted by atomic mass is 10.2. The molecule has 1 N–H and O–H groups in total. The highest BCUT2D eigenvalue weighted by Crippen LogP contribution is 2.23. The van der Waals surface area contributed by atoms with Gasteiger partial charge in [-0.2, -0.15) is 0 Å². The van der Waals surface area contributed by atoms with Crippen molar-refractivity contribution >= 4 is 17.2 Å². The number of rotatable bonds is 2. The Labute approximate surface area is 69.0 Å². The summed E-state index contributed by atoms with van der Waals surface area (Å²) in [5.41, 5.74) is 0. The van der Waals surface area contributed by atoms with Crippen molar-refractivity contribution in [1.82, 2.24) is 4.98 Å². The van der Waals surface area contributed by atoms with Gasteiger partial charge in [0, 0.05) is 17.0 Å². The van der Waals surface area contributed by atoms with Gasteiger partial charge in [-0.3, -0.25) is 0 Å². The van der Waals surface area contributed by atoms with Gasteiger partial charge >= 0.3 is 6.47 Å². The second-order valence-corrected chi connectivity index (χ2v) is 2.39. The lowest BCUT2D eigenvalue weighted by Gasteiger charge is -1.91. The number of nitrogens with one attached hydrogen (secondary N) is 1. The molecular weight excluding hydrogens is 154 g/mol. The molecular formula is C9H6NO2. The lowest BCUT2D eigenvalue weighted by molar-refractivity contribution is 0.437. The van der Waals surface area contributed by atoms with Crippen LogP contribution >= 0.6 is 0 Å². The van der Waals surface area contributed by atoms with Crippen LogP contribution in [0.3, 0.4) is 0 Å². The zero-order valence-electron chi connectivity index (χ0n) is 6.20. The number of carbonyl (C=O) groups excluding carboxylic acids is 1. The van der Waals surface area contributed by atoms with Crippen molar-refractivity contribution in [2.24, 2.45) is 0 Å². The fourth-order valence-corrected chi connectivity index (χ4v) is 1.18. The maximum atomic E-state index is 9.95. The Kier molecular flexibility index (Phi) is 1.55. The van der Waals surface area contributed by atoms with Crippen LogP contribution < -0.4 is 4.74 Å². The molecule has 1 aromatic heterocycles. The van der Waals surface area contributed by atoms with Crippen LogP contribution in [0.5, 0.6) is 5.88 Å². The molecule has 12 heavy (non-hydrogen) atoms. The molecule has 2 aromatic rings. The second kappa shape index (κ2) is 2.70. The normalized spacial score (nSPS) is 10.0. The number of benzene rings is 1. The molecule has 0 aliphatic carbocycles. The minimum absolute atomic E-state index is 0.445. The van der Waals surface area contributed by atoms with E-state index in [1.807, 2.05) is 24.3 Å². The highest BCUT2D eigenvalue weighted by atomic mass is 16.5. The van der Waals surface area contributed by atoms with Gasteiger partial charge in [-0.25, -0.2) is 4.79 Å². The van der Waals surface area contributed by atoms with Gasteiger partial charge in [-0.15, -0.1) is 0 Å². The summed E-state index contributed by atoms with van der Waals surface area (Å²) in [4.78, 5) is 12.8. The average molecular weight is 160 g/mol. The molecule has 0 saturated heterocycles. The maximum absolute atomic E-state index is 9.95. The summed E-state index contributed by atoms with van der Waals surface area (Å²) in [5, 5.41) is 1.91. The summed E-state index contributed by atoms with van der Waals surface area (Å²) >= 11 is 0. The van der Waals surface area contributed by atoms with Gasteiger partial charge in [-0.05, 0) is 6.07 Å². The third-order valence-corrected chi connectivity index (χ3v) is 1.71. The average Bonchev–Trinajstić information content (AvgIpc) is 2.50. The van der Waals surface area contributed by atoms with E-state index in [-0.39, 0.29) is 0 Å². The van der Waals surface area contributed by atoms with E-state index in [1.54, 1.807) is 6.20 Å². The third kappa shape index (κ3) is 0.955. The minimum atomic E-state index is 0.445. The number of fused-ring (bicyclic) bond motifs is 1. The van der Waals surface area contributed by atoms with E-state index in [1.165, 1.54) is 6.47 Å². The van der Waals surface area contributed by atoms with Crippen LogP contribution in [0.25, 0.3) is 10.8 Å². The first-order chi connectivity index (χ1) is 5.92. The molecule has 2 rings (SSSR count). The van der Waals surface area contributed by atoms with Crippen LogP contribution in [0.15, 0.2) is 30.5 Å². The molecule has 3 heteroatoms. The number of hydrogen-bond acceptors (Lipinski definition) is 2. The van der Waals surface area contributed by atoms with Crippen molar-refractivity contribution < 1.29 is 9.53 Å².